The van der Waals surface area contributed by atoms with Gasteiger partial charge in [0.2, 0.25) is 0 Å². The molecular formula is C10H15ClN2O3. The number of hydrogen-bond donors (Lipinski definition) is 2. The molecule has 1 aliphatic rings. The highest BCUT2D eigenvalue weighted by atomic mass is 35.5. The fourth-order valence-corrected chi connectivity index (χ4v) is 1.84. The Kier molecular flexibility index (Phi) is 4.18. The molecule has 1 aliphatic heterocycles. The Hall–Kier alpha value is -1.23. The lowest BCUT2D eigenvalue weighted by atomic mass is 9.87. The zero-order chi connectivity index (χ0) is 12.2. The van der Waals surface area contributed by atoms with E-state index < -0.39 is 11.5 Å². The number of urea groups is 1. The van der Waals surface area contributed by atoms with E-state index in [1.54, 1.807) is 0 Å². The number of carbonyl (C=O) groups is 2. The van der Waals surface area contributed by atoms with Gasteiger partial charge in [-0.05, 0) is 6.42 Å². The van der Waals surface area contributed by atoms with Crippen LogP contribution in [0.3, 0.4) is 0 Å². The third-order valence-electron chi connectivity index (χ3n) is 2.51. The zero-order valence-corrected chi connectivity index (χ0v) is 9.89. The van der Waals surface area contributed by atoms with Crippen molar-refractivity contribution in [1.29, 1.82) is 0 Å². The molecule has 1 fully saturated rings. The summed E-state index contributed by atoms with van der Waals surface area (Å²) in [6.45, 7) is 4.17. The van der Waals surface area contributed by atoms with Crippen molar-refractivity contribution < 1.29 is 14.3 Å². The maximum atomic E-state index is 11.7. The molecule has 16 heavy (non-hydrogen) atoms. The zero-order valence-electron chi connectivity index (χ0n) is 9.14. The van der Waals surface area contributed by atoms with E-state index in [4.69, 9.17) is 16.3 Å². The third kappa shape index (κ3) is 2.66. The average Bonchev–Trinajstić information content (AvgIpc) is 2.27. The smallest absolute Gasteiger partial charge is 0.332 e. The lowest BCUT2D eigenvalue weighted by molar-refractivity contribution is -0.148. The molecule has 5 nitrogen and oxygen atoms in total. The first-order valence-electron chi connectivity index (χ1n) is 4.91. The summed E-state index contributed by atoms with van der Waals surface area (Å²) in [6, 6.07) is -0.376. The highest BCUT2D eigenvalue weighted by Crippen LogP contribution is 2.24. The summed E-state index contributed by atoms with van der Waals surface area (Å²) in [5, 5.41) is 5.19. The van der Waals surface area contributed by atoms with Crippen molar-refractivity contribution in [2.75, 3.05) is 19.5 Å². The molecule has 1 heterocycles. The second-order valence-corrected chi connectivity index (χ2v) is 4.03. The number of nitrogens with one attached hydrogen (secondary N) is 2. The number of rotatable bonds is 4. The Labute approximate surface area is 99.2 Å². The summed E-state index contributed by atoms with van der Waals surface area (Å²) in [5.41, 5.74) is -0.336. The van der Waals surface area contributed by atoms with Gasteiger partial charge in [0.1, 0.15) is 5.54 Å². The highest BCUT2D eigenvalue weighted by Gasteiger charge is 2.43. The van der Waals surface area contributed by atoms with Crippen LogP contribution in [-0.4, -0.2) is 37.1 Å². The summed E-state index contributed by atoms with van der Waals surface area (Å²) in [5.74, 6) is -0.212. The van der Waals surface area contributed by atoms with Crippen LogP contribution in [0.25, 0.3) is 0 Å². The van der Waals surface area contributed by atoms with Gasteiger partial charge >= 0.3 is 12.0 Å². The number of carbonyl (C=O) groups excluding carboxylic acids is 2. The molecule has 1 atom stereocenters. The van der Waals surface area contributed by atoms with Crippen LogP contribution in [0.2, 0.25) is 0 Å². The van der Waals surface area contributed by atoms with Gasteiger partial charge < -0.3 is 15.4 Å². The summed E-state index contributed by atoms with van der Waals surface area (Å²) in [4.78, 5) is 23.0. The Morgan fingerprint density at radius 1 is 1.69 bits per heavy atom. The van der Waals surface area contributed by atoms with Crippen LogP contribution in [0.15, 0.2) is 12.2 Å². The van der Waals surface area contributed by atoms with Gasteiger partial charge in [-0.15, -0.1) is 11.6 Å². The summed E-state index contributed by atoms with van der Waals surface area (Å²) >= 11 is 5.64. The van der Waals surface area contributed by atoms with E-state index in [1.165, 1.54) is 7.11 Å². The fraction of sp³-hybridized carbons (Fsp3) is 0.600. The summed E-state index contributed by atoms with van der Waals surface area (Å²) in [6.07, 6.45) is 0.762. The number of ether oxygens (including phenoxy) is 1. The van der Waals surface area contributed by atoms with E-state index in [-0.39, 0.29) is 11.9 Å². The van der Waals surface area contributed by atoms with E-state index in [0.717, 1.165) is 0 Å². The van der Waals surface area contributed by atoms with Crippen LogP contribution >= 0.6 is 11.6 Å². The van der Waals surface area contributed by atoms with Gasteiger partial charge in [0.25, 0.3) is 0 Å². The van der Waals surface area contributed by atoms with Crippen molar-refractivity contribution in [3.05, 3.63) is 12.2 Å². The van der Waals surface area contributed by atoms with Gasteiger partial charge in [-0.25, -0.2) is 9.59 Å². The minimum absolute atomic E-state index is 0.252. The van der Waals surface area contributed by atoms with E-state index in [0.29, 0.717) is 25.0 Å². The number of hydrogen-bond acceptors (Lipinski definition) is 3. The number of methoxy groups -OCH3 is 1. The maximum absolute atomic E-state index is 11.7. The molecule has 1 rings (SSSR count). The molecule has 0 radical (unpaired) electrons. The Morgan fingerprint density at radius 2 is 2.38 bits per heavy atom. The first kappa shape index (κ1) is 12.8. The molecule has 2 amide bonds. The predicted octanol–water partition coefficient (Wildman–Crippen LogP) is 0.786. The van der Waals surface area contributed by atoms with Crippen molar-refractivity contribution in [3.63, 3.8) is 0 Å². The molecule has 0 aromatic carbocycles. The van der Waals surface area contributed by atoms with Crippen LogP contribution in [0, 0.1) is 0 Å². The van der Waals surface area contributed by atoms with E-state index in [2.05, 4.69) is 17.2 Å². The van der Waals surface area contributed by atoms with Crippen LogP contribution in [0.4, 0.5) is 4.79 Å². The molecule has 90 valence electrons. The quantitative estimate of drug-likeness (QED) is 0.438. The van der Waals surface area contributed by atoms with Gasteiger partial charge in [0, 0.05) is 18.8 Å². The monoisotopic (exact) mass is 246 g/mol. The van der Waals surface area contributed by atoms with E-state index in [1.807, 2.05) is 0 Å². The minimum atomic E-state index is -1.02. The van der Waals surface area contributed by atoms with Crippen molar-refractivity contribution in [2.45, 2.75) is 18.4 Å². The normalized spacial score (nSPS) is 24.2. The lowest BCUT2D eigenvalue weighted by Gasteiger charge is -2.35. The van der Waals surface area contributed by atoms with Gasteiger partial charge in [-0.2, -0.15) is 0 Å². The molecule has 0 aromatic heterocycles. The second-order valence-electron chi connectivity index (χ2n) is 3.76. The van der Waals surface area contributed by atoms with E-state index in [9.17, 15) is 9.59 Å². The second kappa shape index (κ2) is 5.21. The summed E-state index contributed by atoms with van der Waals surface area (Å²) in [7, 11) is 1.29. The van der Waals surface area contributed by atoms with E-state index >= 15 is 0 Å². The Balaban J connectivity index is 2.87. The first-order chi connectivity index (χ1) is 7.54. The van der Waals surface area contributed by atoms with Crippen LogP contribution in [0.5, 0.6) is 0 Å². The average molecular weight is 247 g/mol. The molecule has 6 heteroatoms. The molecule has 1 unspecified atom stereocenters. The molecule has 2 N–H and O–H groups in total. The number of halogens is 1. The molecule has 0 saturated carbocycles. The van der Waals surface area contributed by atoms with Crippen molar-refractivity contribution in [2.24, 2.45) is 0 Å². The maximum Gasteiger partial charge on any atom is 0.332 e. The number of amides is 2. The predicted molar refractivity (Wildman–Crippen MR) is 60.4 cm³/mol. The van der Waals surface area contributed by atoms with Crippen LogP contribution in [0.1, 0.15) is 12.8 Å². The largest absolute Gasteiger partial charge is 0.467 e. The SMILES string of the molecule is C=C(CCl)CC1(C(=O)OC)CCNC(=O)N1. The Bertz CT molecular complexity index is 319. The summed E-state index contributed by atoms with van der Waals surface area (Å²) < 4.78 is 4.72. The van der Waals surface area contributed by atoms with Crippen LogP contribution in [-0.2, 0) is 9.53 Å². The molecule has 1 saturated heterocycles. The van der Waals surface area contributed by atoms with Gasteiger partial charge in [0.15, 0.2) is 0 Å². The van der Waals surface area contributed by atoms with Gasteiger partial charge in [-0.1, -0.05) is 12.2 Å². The lowest BCUT2D eigenvalue weighted by Crippen LogP contribution is -2.63. The van der Waals surface area contributed by atoms with Crippen molar-refractivity contribution >= 4 is 23.6 Å². The topological polar surface area (TPSA) is 67.4 Å². The molecule has 0 bridgehead atoms. The van der Waals surface area contributed by atoms with Crippen molar-refractivity contribution in [1.82, 2.24) is 10.6 Å². The van der Waals surface area contributed by atoms with Crippen molar-refractivity contribution in [3.8, 4) is 0 Å². The molecule has 0 aromatic rings. The standard InChI is InChI=1S/C10H15ClN2O3/c1-7(6-11)5-10(8(14)16-2)3-4-12-9(15)13-10/h1,3-6H2,2H3,(H2,12,13,15). The molecule has 0 aliphatic carbocycles. The van der Waals surface area contributed by atoms with Crippen LogP contribution < -0.4 is 10.6 Å². The molecular weight excluding hydrogens is 232 g/mol. The first-order valence-corrected chi connectivity index (χ1v) is 5.44. The highest BCUT2D eigenvalue weighted by molar-refractivity contribution is 6.19. The van der Waals surface area contributed by atoms with Gasteiger partial charge in [-0.3, -0.25) is 0 Å². The minimum Gasteiger partial charge on any atom is -0.467 e. The number of alkyl halides is 1. The van der Waals surface area contributed by atoms with Gasteiger partial charge in [0.05, 0.1) is 7.11 Å². The number of esters is 1. The Morgan fingerprint density at radius 3 is 2.88 bits per heavy atom. The third-order valence-corrected chi connectivity index (χ3v) is 2.88. The molecule has 0 spiro atoms. The fourth-order valence-electron chi connectivity index (χ4n) is 1.74.